The third-order valence-electron chi connectivity index (χ3n) is 2.77. The van der Waals surface area contributed by atoms with Crippen molar-refractivity contribution in [1.29, 1.82) is 0 Å². The Balaban J connectivity index is 2.37. The van der Waals surface area contributed by atoms with Crippen molar-refractivity contribution in [3.8, 4) is 0 Å². The van der Waals surface area contributed by atoms with Crippen molar-refractivity contribution in [2.24, 2.45) is 0 Å². The Hall–Kier alpha value is -1.62. The van der Waals surface area contributed by atoms with Gasteiger partial charge < -0.3 is 10.6 Å². The van der Waals surface area contributed by atoms with Gasteiger partial charge in [0.25, 0.3) is 0 Å². The third-order valence-corrected chi connectivity index (χ3v) is 3.27. The van der Waals surface area contributed by atoms with E-state index in [9.17, 15) is 0 Å². The van der Waals surface area contributed by atoms with Gasteiger partial charge in [-0.1, -0.05) is 22.0 Å². The number of nitrogens with one attached hydrogen (secondary N) is 2. The van der Waals surface area contributed by atoms with Gasteiger partial charge in [0.1, 0.15) is 18.0 Å². The molecule has 0 radical (unpaired) electrons. The fourth-order valence-electron chi connectivity index (χ4n) is 1.68. The number of aromatic nitrogens is 2. The molecule has 0 aliphatic rings. The lowest BCUT2D eigenvalue weighted by Crippen LogP contribution is -2.03. The van der Waals surface area contributed by atoms with Crippen molar-refractivity contribution >= 4 is 33.3 Å². The lowest BCUT2D eigenvalue weighted by atomic mass is 10.2. The first-order chi connectivity index (χ1) is 8.61. The highest BCUT2D eigenvalue weighted by atomic mass is 79.9. The maximum absolute atomic E-state index is 4.28. The Morgan fingerprint density at radius 1 is 1.11 bits per heavy atom. The smallest absolute Gasteiger partial charge is 0.138 e. The van der Waals surface area contributed by atoms with Crippen LogP contribution in [0.2, 0.25) is 0 Å². The number of rotatable bonds is 3. The van der Waals surface area contributed by atoms with Crippen LogP contribution in [0.1, 0.15) is 11.1 Å². The summed E-state index contributed by atoms with van der Waals surface area (Å²) in [6.07, 6.45) is 1.55. The van der Waals surface area contributed by atoms with E-state index in [0.29, 0.717) is 0 Å². The highest BCUT2D eigenvalue weighted by Crippen LogP contribution is 2.26. The maximum atomic E-state index is 4.28. The van der Waals surface area contributed by atoms with Crippen LogP contribution >= 0.6 is 15.9 Å². The van der Waals surface area contributed by atoms with Gasteiger partial charge in [-0.3, -0.25) is 0 Å². The first-order valence-electron chi connectivity index (χ1n) is 5.64. The Bertz CT molecular complexity index is 569. The monoisotopic (exact) mass is 306 g/mol. The van der Waals surface area contributed by atoms with E-state index in [-0.39, 0.29) is 0 Å². The van der Waals surface area contributed by atoms with Crippen molar-refractivity contribution in [1.82, 2.24) is 9.97 Å². The fraction of sp³-hybridized carbons (Fsp3) is 0.231. The largest absolute Gasteiger partial charge is 0.373 e. The Kier molecular flexibility index (Phi) is 3.81. The van der Waals surface area contributed by atoms with Crippen molar-refractivity contribution < 1.29 is 0 Å². The van der Waals surface area contributed by atoms with Crippen molar-refractivity contribution in [2.75, 3.05) is 17.7 Å². The van der Waals surface area contributed by atoms with E-state index in [1.807, 2.05) is 26.1 Å². The number of anilines is 3. The molecule has 1 aromatic heterocycles. The minimum Gasteiger partial charge on any atom is -0.373 e. The Morgan fingerprint density at radius 3 is 2.56 bits per heavy atom. The lowest BCUT2D eigenvalue weighted by Gasteiger charge is -2.13. The van der Waals surface area contributed by atoms with Crippen molar-refractivity contribution in [2.45, 2.75) is 13.8 Å². The van der Waals surface area contributed by atoms with E-state index in [2.05, 4.69) is 49.5 Å². The highest BCUT2D eigenvalue weighted by Gasteiger charge is 2.07. The Morgan fingerprint density at radius 2 is 1.83 bits per heavy atom. The predicted molar refractivity (Wildman–Crippen MR) is 78.5 cm³/mol. The standard InChI is InChI=1S/C13H15BrN4/c1-8-4-5-10(14)6-11(8)18-13-9(2)12(15-3)16-7-17-13/h4-7H,1-3H3,(H2,15,16,17,18). The van der Waals surface area contributed by atoms with E-state index in [1.54, 1.807) is 6.33 Å². The van der Waals surface area contributed by atoms with E-state index in [4.69, 9.17) is 0 Å². The van der Waals surface area contributed by atoms with Crippen LogP contribution in [0.3, 0.4) is 0 Å². The predicted octanol–water partition coefficient (Wildman–Crippen LogP) is 3.64. The molecule has 0 amide bonds. The highest BCUT2D eigenvalue weighted by molar-refractivity contribution is 9.10. The minimum absolute atomic E-state index is 0.815. The topological polar surface area (TPSA) is 49.8 Å². The summed E-state index contributed by atoms with van der Waals surface area (Å²) in [5, 5.41) is 6.38. The summed E-state index contributed by atoms with van der Waals surface area (Å²) in [5.41, 5.74) is 3.20. The molecule has 0 fully saturated rings. The maximum Gasteiger partial charge on any atom is 0.138 e. The number of benzene rings is 1. The van der Waals surface area contributed by atoms with Crippen molar-refractivity contribution in [3.63, 3.8) is 0 Å². The lowest BCUT2D eigenvalue weighted by molar-refractivity contribution is 1.12. The molecule has 0 saturated heterocycles. The van der Waals surface area contributed by atoms with Crippen LogP contribution in [0.5, 0.6) is 0 Å². The molecular weight excluding hydrogens is 292 g/mol. The first-order valence-corrected chi connectivity index (χ1v) is 6.43. The summed E-state index contributed by atoms with van der Waals surface area (Å²) >= 11 is 3.47. The second-order valence-corrected chi connectivity index (χ2v) is 4.95. The van der Waals surface area contributed by atoms with E-state index in [1.165, 1.54) is 5.56 Å². The number of nitrogens with zero attached hydrogens (tertiary/aromatic N) is 2. The molecule has 2 N–H and O–H groups in total. The van der Waals surface area contributed by atoms with Gasteiger partial charge in [-0.05, 0) is 31.5 Å². The van der Waals surface area contributed by atoms with Crippen LogP contribution in [0.25, 0.3) is 0 Å². The Labute approximate surface area is 115 Å². The van der Waals surface area contributed by atoms with Crippen LogP contribution in [0, 0.1) is 13.8 Å². The molecule has 0 aliphatic carbocycles. The van der Waals surface area contributed by atoms with Gasteiger partial charge in [0, 0.05) is 22.8 Å². The van der Waals surface area contributed by atoms with Crippen molar-refractivity contribution in [3.05, 3.63) is 40.1 Å². The number of hydrogen-bond acceptors (Lipinski definition) is 4. The van der Waals surface area contributed by atoms with Gasteiger partial charge >= 0.3 is 0 Å². The second-order valence-electron chi connectivity index (χ2n) is 4.03. The molecule has 1 aromatic carbocycles. The third kappa shape index (κ3) is 2.61. The molecular formula is C13H15BrN4. The van der Waals surface area contributed by atoms with Crippen LogP contribution in [0.15, 0.2) is 29.0 Å². The molecule has 94 valence electrons. The zero-order valence-electron chi connectivity index (χ0n) is 10.6. The van der Waals surface area contributed by atoms with Gasteiger partial charge in [0.2, 0.25) is 0 Å². The molecule has 18 heavy (non-hydrogen) atoms. The summed E-state index contributed by atoms with van der Waals surface area (Å²) in [6, 6.07) is 6.12. The zero-order valence-corrected chi connectivity index (χ0v) is 12.2. The van der Waals surface area contributed by atoms with Crippen LogP contribution in [-0.2, 0) is 0 Å². The SMILES string of the molecule is CNc1ncnc(Nc2cc(Br)ccc2C)c1C. The summed E-state index contributed by atoms with van der Waals surface area (Å²) in [6.45, 7) is 4.05. The molecule has 0 atom stereocenters. The van der Waals surface area contributed by atoms with Crippen LogP contribution < -0.4 is 10.6 Å². The number of hydrogen-bond donors (Lipinski definition) is 2. The second kappa shape index (κ2) is 5.35. The van der Waals surface area contributed by atoms with Crippen LogP contribution in [0.4, 0.5) is 17.3 Å². The molecule has 0 spiro atoms. The average Bonchev–Trinajstić information content (AvgIpc) is 2.36. The molecule has 0 aliphatic heterocycles. The number of aryl methyl sites for hydroxylation is 1. The quantitative estimate of drug-likeness (QED) is 0.909. The molecule has 2 rings (SSSR count). The van der Waals surface area contributed by atoms with E-state index >= 15 is 0 Å². The molecule has 0 saturated carbocycles. The zero-order chi connectivity index (χ0) is 13.1. The van der Waals surface area contributed by atoms with Gasteiger partial charge in [0.05, 0.1) is 0 Å². The average molecular weight is 307 g/mol. The normalized spacial score (nSPS) is 10.2. The van der Waals surface area contributed by atoms with Gasteiger partial charge in [0.15, 0.2) is 0 Å². The van der Waals surface area contributed by atoms with Gasteiger partial charge in [-0.15, -0.1) is 0 Å². The molecule has 5 heteroatoms. The molecule has 0 unspecified atom stereocenters. The summed E-state index contributed by atoms with van der Waals surface area (Å²) < 4.78 is 1.04. The summed E-state index contributed by atoms with van der Waals surface area (Å²) in [4.78, 5) is 8.44. The minimum atomic E-state index is 0.815. The molecule has 4 nitrogen and oxygen atoms in total. The van der Waals surface area contributed by atoms with Crippen LogP contribution in [-0.4, -0.2) is 17.0 Å². The molecule has 1 heterocycles. The van der Waals surface area contributed by atoms with E-state index < -0.39 is 0 Å². The van der Waals surface area contributed by atoms with Gasteiger partial charge in [-0.25, -0.2) is 9.97 Å². The number of halogens is 1. The van der Waals surface area contributed by atoms with E-state index in [0.717, 1.165) is 27.4 Å². The summed E-state index contributed by atoms with van der Waals surface area (Å²) in [5.74, 6) is 1.65. The fourth-order valence-corrected chi connectivity index (χ4v) is 2.05. The molecule has 0 bridgehead atoms. The first kappa shape index (κ1) is 12.8. The van der Waals surface area contributed by atoms with Gasteiger partial charge in [-0.2, -0.15) is 0 Å². The summed E-state index contributed by atoms with van der Waals surface area (Å²) in [7, 11) is 1.85. The molecule has 2 aromatic rings.